The SMILES string of the molecule is CCC(C)N(CC)C1(CN)CCCC(C(C)C)CC1. The molecule has 0 aromatic rings. The summed E-state index contributed by atoms with van der Waals surface area (Å²) in [7, 11) is 0. The Bertz CT molecular complexity index is 252. The number of nitrogens with two attached hydrogens (primary N) is 1. The van der Waals surface area contributed by atoms with E-state index >= 15 is 0 Å². The van der Waals surface area contributed by atoms with Gasteiger partial charge in [-0.1, -0.05) is 40.5 Å². The molecule has 0 spiro atoms. The van der Waals surface area contributed by atoms with E-state index in [0.29, 0.717) is 6.04 Å². The summed E-state index contributed by atoms with van der Waals surface area (Å²) in [6, 6.07) is 0.657. The zero-order valence-electron chi connectivity index (χ0n) is 13.9. The second-order valence-corrected chi connectivity index (χ2v) is 6.91. The van der Waals surface area contributed by atoms with Gasteiger partial charge in [-0.15, -0.1) is 0 Å². The molecule has 0 aliphatic heterocycles. The maximum atomic E-state index is 6.26. The van der Waals surface area contributed by atoms with Crippen molar-refractivity contribution >= 4 is 0 Å². The predicted molar refractivity (Wildman–Crippen MR) is 85.3 cm³/mol. The van der Waals surface area contributed by atoms with Crippen molar-refractivity contribution in [3.63, 3.8) is 0 Å². The highest BCUT2D eigenvalue weighted by Gasteiger charge is 2.38. The molecule has 0 bridgehead atoms. The second-order valence-electron chi connectivity index (χ2n) is 6.91. The molecule has 1 rings (SSSR count). The molecule has 2 nitrogen and oxygen atoms in total. The highest BCUT2D eigenvalue weighted by atomic mass is 15.2. The van der Waals surface area contributed by atoms with Gasteiger partial charge in [-0.25, -0.2) is 0 Å². The minimum atomic E-state index is 0.272. The van der Waals surface area contributed by atoms with Crippen LogP contribution in [0.1, 0.15) is 73.1 Å². The molecule has 3 unspecified atom stereocenters. The Balaban J connectivity index is 2.84. The number of hydrogen-bond acceptors (Lipinski definition) is 2. The van der Waals surface area contributed by atoms with E-state index in [1.807, 2.05) is 0 Å². The van der Waals surface area contributed by atoms with E-state index in [9.17, 15) is 0 Å². The van der Waals surface area contributed by atoms with Crippen molar-refractivity contribution in [1.29, 1.82) is 0 Å². The van der Waals surface area contributed by atoms with Crippen LogP contribution in [0.15, 0.2) is 0 Å². The topological polar surface area (TPSA) is 29.3 Å². The number of hydrogen-bond donors (Lipinski definition) is 1. The second kappa shape index (κ2) is 7.64. The Hall–Kier alpha value is -0.0800. The van der Waals surface area contributed by atoms with Gasteiger partial charge in [0.15, 0.2) is 0 Å². The number of rotatable bonds is 6. The van der Waals surface area contributed by atoms with Gasteiger partial charge < -0.3 is 5.73 Å². The first kappa shape index (κ1) is 17.0. The van der Waals surface area contributed by atoms with Crippen LogP contribution < -0.4 is 5.73 Å². The van der Waals surface area contributed by atoms with Gasteiger partial charge in [0, 0.05) is 18.1 Å². The van der Waals surface area contributed by atoms with Crippen molar-refractivity contribution in [1.82, 2.24) is 4.90 Å². The minimum absolute atomic E-state index is 0.272. The molecular formula is C17H36N2. The zero-order chi connectivity index (χ0) is 14.5. The van der Waals surface area contributed by atoms with Gasteiger partial charge in [0.25, 0.3) is 0 Å². The van der Waals surface area contributed by atoms with Crippen LogP contribution in [0.3, 0.4) is 0 Å². The van der Waals surface area contributed by atoms with Crippen LogP contribution in [0.2, 0.25) is 0 Å². The molecule has 19 heavy (non-hydrogen) atoms. The van der Waals surface area contributed by atoms with E-state index < -0.39 is 0 Å². The van der Waals surface area contributed by atoms with Crippen molar-refractivity contribution in [2.45, 2.75) is 84.7 Å². The summed E-state index contributed by atoms with van der Waals surface area (Å²) in [6.07, 6.45) is 7.94. The normalized spacial score (nSPS) is 30.6. The number of likely N-dealkylation sites (N-methyl/N-ethyl adjacent to an activating group) is 1. The summed E-state index contributed by atoms with van der Waals surface area (Å²) >= 11 is 0. The Kier molecular flexibility index (Phi) is 6.82. The molecular weight excluding hydrogens is 232 g/mol. The quantitative estimate of drug-likeness (QED) is 0.737. The highest BCUT2D eigenvalue weighted by Crippen LogP contribution is 2.38. The monoisotopic (exact) mass is 268 g/mol. The molecule has 1 saturated carbocycles. The van der Waals surface area contributed by atoms with Gasteiger partial charge in [-0.2, -0.15) is 0 Å². The van der Waals surface area contributed by atoms with Gasteiger partial charge >= 0.3 is 0 Å². The van der Waals surface area contributed by atoms with Crippen LogP contribution in [-0.4, -0.2) is 29.6 Å². The third-order valence-electron chi connectivity index (χ3n) is 5.59. The Labute approximate surface area is 121 Å². The maximum Gasteiger partial charge on any atom is 0.0334 e. The first-order valence-corrected chi connectivity index (χ1v) is 8.47. The molecule has 1 aliphatic rings. The molecule has 2 N–H and O–H groups in total. The van der Waals surface area contributed by atoms with E-state index in [1.54, 1.807) is 0 Å². The van der Waals surface area contributed by atoms with Crippen molar-refractivity contribution in [2.24, 2.45) is 17.6 Å². The minimum Gasteiger partial charge on any atom is -0.329 e. The van der Waals surface area contributed by atoms with Crippen LogP contribution in [0, 0.1) is 11.8 Å². The highest BCUT2D eigenvalue weighted by molar-refractivity contribution is 4.96. The summed E-state index contributed by atoms with van der Waals surface area (Å²) in [6.45, 7) is 13.7. The van der Waals surface area contributed by atoms with E-state index in [2.05, 4.69) is 39.5 Å². The molecule has 3 atom stereocenters. The fourth-order valence-corrected chi connectivity index (χ4v) is 4.03. The molecule has 0 aromatic heterocycles. The molecule has 2 heteroatoms. The summed E-state index contributed by atoms with van der Waals surface area (Å²) < 4.78 is 0. The van der Waals surface area contributed by atoms with Gasteiger partial charge in [-0.3, -0.25) is 4.90 Å². The van der Waals surface area contributed by atoms with Gasteiger partial charge in [0.1, 0.15) is 0 Å². The van der Waals surface area contributed by atoms with Crippen molar-refractivity contribution in [3.05, 3.63) is 0 Å². The van der Waals surface area contributed by atoms with Gasteiger partial charge in [0.2, 0.25) is 0 Å². The number of nitrogens with zero attached hydrogens (tertiary/aromatic N) is 1. The Morgan fingerprint density at radius 3 is 2.32 bits per heavy atom. The summed E-state index contributed by atoms with van der Waals surface area (Å²) in [5.74, 6) is 1.73. The standard InChI is InChI=1S/C17H36N2/c1-6-15(5)19(7-2)17(13-18)11-8-9-16(10-12-17)14(3)4/h14-16H,6-13,18H2,1-5H3. The van der Waals surface area contributed by atoms with E-state index in [-0.39, 0.29) is 5.54 Å². The summed E-state index contributed by atoms with van der Waals surface area (Å²) in [5.41, 5.74) is 6.53. The molecule has 0 heterocycles. The fraction of sp³-hybridized carbons (Fsp3) is 1.00. The summed E-state index contributed by atoms with van der Waals surface area (Å²) in [4.78, 5) is 2.70. The molecule has 0 aromatic carbocycles. The lowest BCUT2D eigenvalue weighted by atomic mass is 9.84. The van der Waals surface area contributed by atoms with Gasteiger partial charge in [0.05, 0.1) is 0 Å². The first-order chi connectivity index (χ1) is 9.00. The van der Waals surface area contributed by atoms with Crippen molar-refractivity contribution in [2.75, 3.05) is 13.1 Å². The van der Waals surface area contributed by atoms with E-state index in [1.165, 1.54) is 38.5 Å². The first-order valence-electron chi connectivity index (χ1n) is 8.47. The van der Waals surface area contributed by atoms with Crippen LogP contribution in [0.4, 0.5) is 0 Å². The van der Waals surface area contributed by atoms with E-state index in [4.69, 9.17) is 5.73 Å². The van der Waals surface area contributed by atoms with Crippen LogP contribution in [0.5, 0.6) is 0 Å². The largest absolute Gasteiger partial charge is 0.329 e. The van der Waals surface area contributed by atoms with Crippen LogP contribution >= 0.6 is 0 Å². The average molecular weight is 268 g/mol. The summed E-state index contributed by atoms with van der Waals surface area (Å²) in [5, 5.41) is 0. The third kappa shape index (κ3) is 3.95. The van der Waals surface area contributed by atoms with E-state index in [0.717, 1.165) is 24.9 Å². The molecule has 1 fully saturated rings. The molecule has 0 radical (unpaired) electrons. The molecule has 114 valence electrons. The molecule has 0 saturated heterocycles. The smallest absolute Gasteiger partial charge is 0.0334 e. The average Bonchev–Trinajstić information content (AvgIpc) is 2.63. The molecule has 1 aliphatic carbocycles. The fourth-order valence-electron chi connectivity index (χ4n) is 4.03. The Morgan fingerprint density at radius 2 is 1.84 bits per heavy atom. The molecule has 0 amide bonds. The predicted octanol–water partition coefficient (Wildman–Crippen LogP) is 4.04. The Morgan fingerprint density at radius 1 is 1.16 bits per heavy atom. The van der Waals surface area contributed by atoms with Crippen LogP contribution in [0.25, 0.3) is 0 Å². The lowest BCUT2D eigenvalue weighted by Crippen LogP contribution is -2.56. The van der Waals surface area contributed by atoms with Crippen molar-refractivity contribution < 1.29 is 0 Å². The van der Waals surface area contributed by atoms with Gasteiger partial charge in [-0.05, 0) is 51.0 Å². The lowest BCUT2D eigenvalue weighted by molar-refractivity contribution is 0.0436. The third-order valence-corrected chi connectivity index (χ3v) is 5.59. The van der Waals surface area contributed by atoms with Crippen LogP contribution in [-0.2, 0) is 0 Å². The zero-order valence-corrected chi connectivity index (χ0v) is 13.9. The lowest BCUT2D eigenvalue weighted by Gasteiger charge is -2.46. The van der Waals surface area contributed by atoms with Crippen molar-refractivity contribution in [3.8, 4) is 0 Å². The maximum absolute atomic E-state index is 6.26.